The van der Waals surface area contributed by atoms with Crippen molar-refractivity contribution in [2.75, 3.05) is 11.1 Å². The molecule has 0 spiro atoms. The van der Waals surface area contributed by atoms with Crippen molar-refractivity contribution >= 4 is 28.3 Å². The number of hydrogen-bond acceptors (Lipinski definition) is 6. The summed E-state index contributed by atoms with van der Waals surface area (Å²) < 4.78 is 1.38. The van der Waals surface area contributed by atoms with Crippen LogP contribution < -0.4 is 11.1 Å². The molecule has 0 saturated carbocycles. The first-order valence-electron chi connectivity index (χ1n) is 5.49. The van der Waals surface area contributed by atoms with Crippen LogP contribution in [0, 0.1) is 6.92 Å². The number of rotatable bonds is 4. The second kappa shape index (κ2) is 5.13. The fourth-order valence-corrected chi connectivity index (χ4v) is 2.42. The van der Waals surface area contributed by atoms with Gasteiger partial charge in [-0.1, -0.05) is 6.92 Å². The zero-order valence-electron chi connectivity index (χ0n) is 10.2. The Morgan fingerprint density at radius 2 is 2.39 bits per heavy atom. The molecule has 0 atom stereocenters. The Morgan fingerprint density at radius 1 is 1.61 bits per heavy atom. The topological polar surface area (TPSA) is 98.7 Å². The number of hydrogen-bond donors (Lipinski definition) is 2. The van der Waals surface area contributed by atoms with Gasteiger partial charge in [-0.15, -0.1) is 16.4 Å². The number of nitrogens with one attached hydrogen (secondary N) is 1. The van der Waals surface area contributed by atoms with Crippen LogP contribution in [0.2, 0.25) is 0 Å². The Labute approximate surface area is 108 Å². The van der Waals surface area contributed by atoms with Gasteiger partial charge in [0.25, 0.3) is 0 Å². The summed E-state index contributed by atoms with van der Waals surface area (Å²) in [6, 6.07) is 0. The van der Waals surface area contributed by atoms with Crippen molar-refractivity contribution in [2.24, 2.45) is 0 Å². The Morgan fingerprint density at radius 3 is 2.94 bits per heavy atom. The highest BCUT2D eigenvalue weighted by Crippen LogP contribution is 2.22. The molecule has 0 aliphatic carbocycles. The van der Waals surface area contributed by atoms with E-state index < -0.39 is 0 Å². The van der Waals surface area contributed by atoms with Gasteiger partial charge in [-0.3, -0.25) is 4.79 Å². The average Bonchev–Trinajstić information content (AvgIpc) is 2.85. The molecule has 0 saturated heterocycles. The maximum Gasteiger partial charge on any atom is 0.247 e. The molecule has 1 amide bonds. The van der Waals surface area contributed by atoms with Crippen LogP contribution in [0.3, 0.4) is 0 Å². The first-order chi connectivity index (χ1) is 8.58. The van der Waals surface area contributed by atoms with Crippen LogP contribution in [0.15, 0.2) is 6.33 Å². The first kappa shape index (κ1) is 12.5. The van der Waals surface area contributed by atoms with Gasteiger partial charge >= 0.3 is 0 Å². The molecule has 3 N–H and O–H groups in total. The molecule has 0 aliphatic rings. The third-order valence-electron chi connectivity index (χ3n) is 2.33. The number of carbonyl (C=O) groups is 1. The largest absolute Gasteiger partial charge is 0.367 e. The van der Waals surface area contributed by atoms with Gasteiger partial charge in [0.15, 0.2) is 5.13 Å². The monoisotopic (exact) mass is 266 g/mol. The second-order valence-electron chi connectivity index (χ2n) is 3.72. The van der Waals surface area contributed by atoms with E-state index in [0.717, 1.165) is 17.0 Å². The lowest BCUT2D eigenvalue weighted by atomic mass is 10.3. The number of nitrogens with two attached hydrogens (primary N) is 1. The summed E-state index contributed by atoms with van der Waals surface area (Å²) in [5, 5.41) is 7.18. The number of nitrogen functional groups attached to an aromatic ring is 1. The van der Waals surface area contributed by atoms with Crippen LogP contribution in [0.25, 0.3) is 0 Å². The molecule has 2 aromatic rings. The quantitative estimate of drug-likeness (QED) is 0.853. The van der Waals surface area contributed by atoms with Gasteiger partial charge in [-0.25, -0.2) is 14.6 Å². The summed E-state index contributed by atoms with van der Waals surface area (Å²) in [7, 11) is 0. The maximum absolute atomic E-state index is 11.7. The Bertz CT molecular complexity index is 560. The molecular weight excluding hydrogens is 252 g/mol. The molecule has 8 heteroatoms. The highest BCUT2D eigenvalue weighted by molar-refractivity contribution is 7.15. The molecule has 0 radical (unpaired) electrons. The number of amides is 1. The SMILES string of the molecule is CCc1nc(NC(=O)Cn2cnc(N)n2)sc1C. The third kappa shape index (κ3) is 2.83. The number of anilines is 2. The van der Waals surface area contributed by atoms with E-state index in [1.807, 2.05) is 13.8 Å². The van der Waals surface area contributed by atoms with Crippen LogP contribution >= 0.6 is 11.3 Å². The molecule has 0 unspecified atom stereocenters. The predicted molar refractivity (Wildman–Crippen MR) is 69.3 cm³/mol. The highest BCUT2D eigenvalue weighted by atomic mass is 32.1. The molecule has 96 valence electrons. The van der Waals surface area contributed by atoms with Crippen molar-refractivity contribution in [3.63, 3.8) is 0 Å². The van der Waals surface area contributed by atoms with E-state index >= 15 is 0 Å². The van der Waals surface area contributed by atoms with Gasteiger partial charge in [0.1, 0.15) is 12.9 Å². The number of carbonyl (C=O) groups excluding carboxylic acids is 1. The summed E-state index contributed by atoms with van der Waals surface area (Å²) in [6.07, 6.45) is 2.28. The molecule has 0 aliphatic heterocycles. The minimum Gasteiger partial charge on any atom is -0.367 e. The van der Waals surface area contributed by atoms with Crippen LogP contribution in [0.5, 0.6) is 0 Å². The van der Waals surface area contributed by atoms with Gasteiger partial charge < -0.3 is 11.1 Å². The van der Waals surface area contributed by atoms with Crippen molar-refractivity contribution in [1.82, 2.24) is 19.7 Å². The number of aryl methyl sites for hydroxylation is 2. The number of nitrogens with zero attached hydrogens (tertiary/aromatic N) is 4. The fraction of sp³-hybridized carbons (Fsp3) is 0.400. The van der Waals surface area contributed by atoms with Gasteiger partial charge in [-0.2, -0.15) is 0 Å². The summed E-state index contributed by atoms with van der Waals surface area (Å²) in [5.74, 6) is -0.0440. The van der Waals surface area contributed by atoms with Crippen LogP contribution in [0.1, 0.15) is 17.5 Å². The normalized spacial score (nSPS) is 10.6. The molecule has 7 nitrogen and oxygen atoms in total. The van der Waals surface area contributed by atoms with Gasteiger partial charge in [0.05, 0.1) is 5.69 Å². The molecule has 0 fully saturated rings. The molecular formula is C10H14N6OS. The minimum atomic E-state index is -0.198. The second-order valence-corrected chi connectivity index (χ2v) is 4.93. The van der Waals surface area contributed by atoms with E-state index in [1.165, 1.54) is 22.3 Å². The molecule has 2 heterocycles. The molecule has 18 heavy (non-hydrogen) atoms. The molecule has 0 bridgehead atoms. The zero-order valence-corrected chi connectivity index (χ0v) is 11.0. The maximum atomic E-state index is 11.7. The van der Waals surface area contributed by atoms with Crippen molar-refractivity contribution < 1.29 is 4.79 Å². The summed E-state index contributed by atoms with van der Waals surface area (Å²) in [5.41, 5.74) is 6.38. The lowest BCUT2D eigenvalue weighted by molar-refractivity contribution is -0.116. The smallest absolute Gasteiger partial charge is 0.247 e. The minimum absolute atomic E-state index is 0.0737. The number of thiazole rings is 1. The average molecular weight is 266 g/mol. The first-order valence-corrected chi connectivity index (χ1v) is 6.31. The van der Waals surface area contributed by atoms with E-state index in [9.17, 15) is 4.79 Å². The summed E-state index contributed by atoms with van der Waals surface area (Å²) in [6.45, 7) is 4.10. The van der Waals surface area contributed by atoms with Crippen molar-refractivity contribution in [1.29, 1.82) is 0 Å². The fourth-order valence-electron chi connectivity index (χ4n) is 1.50. The van der Waals surface area contributed by atoms with E-state index in [4.69, 9.17) is 5.73 Å². The van der Waals surface area contributed by atoms with E-state index in [-0.39, 0.29) is 18.4 Å². The molecule has 2 rings (SSSR count). The summed E-state index contributed by atoms with van der Waals surface area (Å²) >= 11 is 1.47. The van der Waals surface area contributed by atoms with E-state index in [1.54, 1.807) is 0 Å². The van der Waals surface area contributed by atoms with E-state index in [2.05, 4.69) is 20.4 Å². The van der Waals surface area contributed by atoms with Crippen molar-refractivity contribution in [2.45, 2.75) is 26.8 Å². The van der Waals surface area contributed by atoms with Crippen LogP contribution in [0.4, 0.5) is 11.1 Å². The zero-order chi connectivity index (χ0) is 13.1. The van der Waals surface area contributed by atoms with Gasteiger partial charge in [0, 0.05) is 4.88 Å². The highest BCUT2D eigenvalue weighted by Gasteiger charge is 2.10. The Hall–Kier alpha value is -1.96. The summed E-state index contributed by atoms with van der Waals surface area (Å²) in [4.78, 5) is 20.9. The lowest BCUT2D eigenvalue weighted by Crippen LogP contribution is -2.19. The third-order valence-corrected chi connectivity index (χ3v) is 3.26. The predicted octanol–water partition coefficient (Wildman–Crippen LogP) is 0.826. The van der Waals surface area contributed by atoms with Gasteiger partial charge in [-0.05, 0) is 13.3 Å². The van der Waals surface area contributed by atoms with E-state index in [0.29, 0.717) is 5.13 Å². The van der Waals surface area contributed by atoms with Crippen LogP contribution in [-0.2, 0) is 17.8 Å². The van der Waals surface area contributed by atoms with Gasteiger partial charge in [0.2, 0.25) is 11.9 Å². The Balaban J connectivity index is 1.98. The Kier molecular flexibility index (Phi) is 3.56. The standard InChI is InChI=1S/C10H14N6OS/c1-3-7-6(2)18-10(13-7)14-8(17)4-16-5-12-9(11)15-16/h5H,3-4H2,1-2H3,(H2,11,15)(H,13,14,17). The van der Waals surface area contributed by atoms with Crippen molar-refractivity contribution in [3.8, 4) is 0 Å². The molecule has 2 aromatic heterocycles. The van der Waals surface area contributed by atoms with Crippen molar-refractivity contribution in [3.05, 3.63) is 16.9 Å². The molecule has 0 aromatic carbocycles. The van der Waals surface area contributed by atoms with Crippen LogP contribution in [-0.4, -0.2) is 25.7 Å². The lowest BCUT2D eigenvalue weighted by Gasteiger charge is -2.00. The number of aromatic nitrogens is 4.